The Morgan fingerprint density at radius 3 is 2.67 bits per heavy atom. The molecule has 1 aromatic rings. The predicted molar refractivity (Wildman–Crippen MR) is 43.8 cm³/mol. The summed E-state index contributed by atoms with van der Waals surface area (Å²) in [6, 6.07) is 3.71. The Labute approximate surface area is 70.6 Å². The Kier molecular flexibility index (Phi) is 2.53. The summed E-state index contributed by atoms with van der Waals surface area (Å²) in [4.78, 5) is 0. The van der Waals surface area contributed by atoms with E-state index in [9.17, 15) is 4.39 Å². The van der Waals surface area contributed by atoms with Crippen molar-refractivity contribution in [1.82, 2.24) is 0 Å². The summed E-state index contributed by atoms with van der Waals surface area (Å²) in [7, 11) is 0. The number of hydrogen-bond acceptors (Lipinski definition) is 2. The van der Waals surface area contributed by atoms with E-state index >= 15 is 0 Å². The number of phenolic OH excluding ortho intramolecular Hbond substituents is 1. The number of halogens is 1. The van der Waals surface area contributed by atoms with Crippen LogP contribution in [-0.4, -0.2) is 11.2 Å². The zero-order valence-corrected chi connectivity index (χ0v) is 7.04. The molecule has 0 saturated heterocycles. The first kappa shape index (κ1) is 8.84. The Hall–Kier alpha value is -1.25. The van der Waals surface area contributed by atoms with E-state index in [-0.39, 0.29) is 17.6 Å². The lowest BCUT2D eigenvalue weighted by Gasteiger charge is -2.10. The highest BCUT2D eigenvalue weighted by Gasteiger charge is 2.05. The van der Waals surface area contributed by atoms with Crippen LogP contribution in [0.2, 0.25) is 0 Å². The second kappa shape index (κ2) is 3.43. The molecule has 0 aliphatic rings. The van der Waals surface area contributed by atoms with Gasteiger partial charge in [-0.25, -0.2) is 4.39 Å². The lowest BCUT2D eigenvalue weighted by molar-refractivity contribution is 0.230. The average Bonchev–Trinajstić information content (AvgIpc) is 1.96. The van der Waals surface area contributed by atoms with Crippen molar-refractivity contribution in [3.63, 3.8) is 0 Å². The first-order valence-electron chi connectivity index (χ1n) is 3.75. The van der Waals surface area contributed by atoms with Crippen molar-refractivity contribution < 1.29 is 14.2 Å². The summed E-state index contributed by atoms with van der Waals surface area (Å²) in [5.41, 5.74) is 0. The smallest absolute Gasteiger partial charge is 0.165 e. The molecule has 0 aromatic heterocycles. The molecule has 0 aliphatic carbocycles. The fourth-order valence-electron chi connectivity index (χ4n) is 0.836. The van der Waals surface area contributed by atoms with Gasteiger partial charge in [-0.3, -0.25) is 0 Å². The monoisotopic (exact) mass is 170 g/mol. The fourth-order valence-corrected chi connectivity index (χ4v) is 0.836. The van der Waals surface area contributed by atoms with Gasteiger partial charge in [0.05, 0.1) is 6.10 Å². The maximum atomic E-state index is 12.9. The third-order valence-corrected chi connectivity index (χ3v) is 1.28. The second-order valence-corrected chi connectivity index (χ2v) is 2.78. The zero-order chi connectivity index (χ0) is 9.14. The van der Waals surface area contributed by atoms with E-state index in [4.69, 9.17) is 9.84 Å². The molecule has 66 valence electrons. The van der Waals surface area contributed by atoms with Gasteiger partial charge in [0.1, 0.15) is 5.75 Å². The Balaban J connectivity index is 2.90. The molecule has 0 saturated carbocycles. The molecule has 0 heterocycles. The van der Waals surface area contributed by atoms with Crippen LogP contribution in [0.1, 0.15) is 13.8 Å². The third-order valence-electron chi connectivity index (χ3n) is 1.28. The van der Waals surface area contributed by atoms with Gasteiger partial charge in [0.15, 0.2) is 11.6 Å². The number of phenols is 1. The number of rotatable bonds is 2. The number of aromatic hydroxyl groups is 1. The van der Waals surface area contributed by atoms with E-state index < -0.39 is 5.82 Å². The molecule has 1 rings (SSSR count). The van der Waals surface area contributed by atoms with Gasteiger partial charge in [0.2, 0.25) is 0 Å². The van der Waals surface area contributed by atoms with Gasteiger partial charge < -0.3 is 9.84 Å². The highest BCUT2D eigenvalue weighted by atomic mass is 19.1. The lowest BCUT2D eigenvalue weighted by atomic mass is 10.3. The molecule has 0 amide bonds. The van der Waals surface area contributed by atoms with Gasteiger partial charge in [-0.15, -0.1) is 0 Å². The van der Waals surface area contributed by atoms with Gasteiger partial charge in [-0.2, -0.15) is 0 Å². The molecular weight excluding hydrogens is 159 g/mol. The van der Waals surface area contributed by atoms with E-state index in [2.05, 4.69) is 0 Å². The molecule has 0 spiro atoms. The molecule has 0 bridgehead atoms. The fraction of sp³-hybridized carbons (Fsp3) is 0.333. The Morgan fingerprint density at radius 2 is 2.08 bits per heavy atom. The van der Waals surface area contributed by atoms with E-state index in [1.165, 1.54) is 18.2 Å². The minimum absolute atomic E-state index is 0.00653. The van der Waals surface area contributed by atoms with Gasteiger partial charge in [0.25, 0.3) is 0 Å². The van der Waals surface area contributed by atoms with Crippen LogP contribution < -0.4 is 4.74 Å². The van der Waals surface area contributed by atoms with Crippen molar-refractivity contribution in [1.29, 1.82) is 0 Å². The van der Waals surface area contributed by atoms with Crippen LogP contribution in [0, 0.1) is 5.82 Å². The summed E-state index contributed by atoms with van der Waals surface area (Å²) in [5.74, 6) is -0.362. The van der Waals surface area contributed by atoms with Crippen molar-refractivity contribution in [2.75, 3.05) is 0 Å². The summed E-state index contributed by atoms with van der Waals surface area (Å²) in [6.45, 7) is 3.59. The Bertz CT molecular complexity index is 271. The molecule has 0 fully saturated rings. The van der Waals surface area contributed by atoms with E-state index in [1.807, 2.05) is 0 Å². The maximum Gasteiger partial charge on any atom is 0.165 e. The average molecular weight is 170 g/mol. The highest BCUT2D eigenvalue weighted by Crippen LogP contribution is 2.23. The minimum atomic E-state index is -0.457. The van der Waals surface area contributed by atoms with Crippen LogP contribution >= 0.6 is 0 Å². The third kappa shape index (κ3) is 2.12. The summed E-state index contributed by atoms with van der Waals surface area (Å²) in [6.07, 6.45) is -0.0960. The van der Waals surface area contributed by atoms with Crippen LogP contribution in [-0.2, 0) is 0 Å². The van der Waals surface area contributed by atoms with E-state index in [0.717, 1.165) is 0 Å². The molecule has 0 aliphatic heterocycles. The summed E-state index contributed by atoms with van der Waals surface area (Å²) in [5, 5.41) is 9.00. The zero-order valence-electron chi connectivity index (χ0n) is 7.04. The van der Waals surface area contributed by atoms with Crippen LogP contribution in [0.15, 0.2) is 18.2 Å². The predicted octanol–water partition coefficient (Wildman–Crippen LogP) is 2.32. The quantitative estimate of drug-likeness (QED) is 0.738. The molecule has 0 unspecified atom stereocenters. The second-order valence-electron chi connectivity index (χ2n) is 2.78. The van der Waals surface area contributed by atoms with Crippen molar-refractivity contribution in [3.8, 4) is 11.5 Å². The van der Waals surface area contributed by atoms with Crippen molar-refractivity contribution in [3.05, 3.63) is 24.0 Å². The highest BCUT2D eigenvalue weighted by molar-refractivity contribution is 5.33. The molecule has 0 radical (unpaired) electrons. The van der Waals surface area contributed by atoms with Crippen molar-refractivity contribution in [2.24, 2.45) is 0 Å². The number of ether oxygens (including phenoxy) is 1. The minimum Gasteiger partial charge on any atom is -0.508 e. The SMILES string of the molecule is CC(C)Oc1cc(O)ccc1F. The van der Waals surface area contributed by atoms with Gasteiger partial charge in [-0.05, 0) is 26.0 Å². The molecule has 2 nitrogen and oxygen atoms in total. The lowest BCUT2D eigenvalue weighted by Crippen LogP contribution is -2.06. The molecular formula is C9H11FO2. The maximum absolute atomic E-state index is 12.9. The van der Waals surface area contributed by atoms with Crippen molar-refractivity contribution >= 4 is 0 Å². The van der Waals surface area contributed by atoms with Crippen LogP contribution in [0.25, 0.3) is 0 Å². The first-order chi connectivity index (χ1) is 5.59. The van der Waals surface area contributed by atoms with Crippen LogP contribution in [0.5, 0.6) is 11.5 Å². The molecule has 1 N–H and O–H groups in total. The van der Waals surface area contributed by atoms with Gasteiger partial charge >= 0.3 is 0 Å². The van der Waals surface area contributed by atoms with Crippen LogP contribution in [0.3, 0.4) is 0 Å². The normalized spacial score (nSPS) is 10.3. The summed E-state index contributed by atoms with van der Waals surface area (Å²) >= 11 is 0. The summed E-state index contributed by atoms with van der Waals surface area (Å²) < 4.78 is 18.0. The Morgan fingerprint density at radius 1 is 1.42 bits per heavy atom. The van der Waals surface area contributed by atoms with Gasteiger partial charge in [0, 0.05) is 6.07 Å². The topological polar surface area (TPSA) is 29.5 Å². The first-order valence-corrected chi connectivity index (χ1v) is 3.75. The van der Waals surface area contributed by atoms with Gasteiger partial charge in [-0.1, -0.05) is 0 Å². The number of benzene rings is 1. The molecule has 0 atom stereocenters. The molecule has 3 heteroatoms. The van der Waals surface area contributed by atoms with Crippen LogP contribution in [0.4, 0.5) is 4.39 Å². The molecule has 1 aromatic carbocycles. The van der Waals surface area contributed by atoms with Crippen molar-refractivity contribution in [2.45, 2.75) is 20.0 Å². The van der Waals surface area contributed by atoms with E-state index in [1.54, 1.807) is 13.8 Å². The standard InChI is InChI=1S/C9H11FO2/c1-6(2)12-9-5-7(11)3-4-8(9)10/h3-6,11H,1-2H3. The molecule has 12 heavy (non-hydrogen) atoms. The number of hydrogen-bond donors (Lipinski definition) is 1. The largest absolute Gasteiger partial charge is 0.508 e. The van der Waals surface area contributed by atoms with E-state index in [0.29, 0.717) is 0 Å².